The third-order valence-corrected chi connectivity index (χ3v) is 2.69. The molecule has 14 heavy (non-hydrogen) atoms. The molecular weight excluding hydrogens is 367 g/mol. The first-order chi connectivity index (χ1) is 6.35. The van der Waals surface area contributed by atoms with Gasteiger partial charge >= 0.3 is 27.3 Å². The summed E-state index contributed by atoms with van der Waals surface area (Å²) in [6.07, 6.45) is 10.3. The van der Waals surface area contributed by atoms with Crippen LogP contribution < -0.4 is 0 Å². The Morgan fingerprint density at radius 3 is 1.93 bits per heavy atom. The average Bonchev–Trinajstić information content (AvgIpc) is 2.17. The summed E-state index contributed by atoms with van der Waals surface area (Å²) in [7, 11) is 0. The molecule has 0 saturated carbocycles. The number of aliphatic hydroxyl groups is 1. The molecule has 2 heteroatoms. The number of unbranched alkanes of at least 4 members (excludes halogenated alkanes) is 4. The third kappa shape index (κ3) is 11.0. The van der Waals surface area contributed by atoms with E-state index in [1.807, 2.05) is 0 Å². The Kier molecular flexibility index (Phi) is 17.1. The van der Waals surface area contributed by atoms with Crippen molar-refractivity contribution in [1.29, 1.82) is 0 Å². The van der Waals surface area contributed by atoms with Gasteiger partial charge < -0.3 is 5.11 Å². The van der Waals surface area contributed by atoms with Crippen LogP contribution in [0, 0.1) is 5.92 Å². The van der Waals surface area contributed by atoms with E-state index in [-0.39, 0.29) is 27.3 Å². The van der Waals surface area contributed by atoms with Crippen molar-refractivity contribution in [2.75, 3.05) is 6.61 Å². The van der Waals surface area contributed by atoms with Gasteiger partial charge in [0.2, 0.25) is 0 Å². The van der Waals surface area contributed by atoms with Crippen molar-refractivity contribution in [1.82, 2.24) is 0 Å². The van der Waals surface area contributed by atoms with Crippen LogP contribution in [0.5, 0.6) is 0 Å². The number of rotatable bonds is 9. The van der Waals surface area contributed by atoms with Gasteiger partial charge in [-0.3, -0.25) is 0 Å². The van der Waals surface area contributed by atoms with Crippen molar-refractivity contribution >= 4 is 27.3 Å². The Hall–Kier alpha value is 0.882. The Balaban J connectivity index is 0. The van der Waals surface area contributed by atoms with Crippen molar-refractivity contribution in [2.24, 2.45) is 5.92 Å². The van der Waals surface area contributed by atoms with E-state index < -0.39 is 0 Å². The van der Waals surface area contributed by atoms with E-state index >= 15 is 0 Å². The predicted molar refractivity (Wildman–Crippen MR) is 67.4 cm³/mol. The molecule has 1 unspecified atom stereocenters. The van der Waals surface area contributed by atoms with E-state index in [1.165, 1.54) is 51.4 Å². The summed E-state index contributed by atoms with van der Waals surface area (Å²) in [4.78, 5) is 0. The molecule has 0 aromatic carbocycles. The fourth-order valence-electron chi connectivity index (χ4n) is 1.68. The van der Waals surface area contributed by atoms with E-state index in [0.29, 0.717) is 12.5 Å². The van der Waals surface area contributed by atoms with Crippen molar-refractivity contribution < 1.29 is 5.11 Å². The molecule has 0 fully saturated rings. The van der Waals surface area contributed by atoms with Crippen LogP contribution in [0.2, 0.25) is 0 Å². The predicted octanol–water partition coefficient (Wildman–Crippen LogP) is 2.84. The Labute approximate surface area is 110 Å². The molecule has 0 aromatic heterocycles. The van der Waals surface area contributed by atoms with Gasteiger partial charge in [0, 0.05) is 6.61 Å². The Bertz CT molecular complexity index is 96.3. The maximum atomic E-state index is 9.11. The van der Waals surface area contributed by atoms with Gasteiger partial charge in [0.05, 0.1) is 0 Å². The van der Waals surface area contributed by atoms with E-state index in [2.05, 4.69) is 13.8 Å². The molecule has 1 nitrogen and oxygen atoms in total. The number of aliphatic hydroxyl groups excluding tert-OH is 1. The van der Waals surface area contributed by atoms with Crippen LogP contribution in [-0.2, 0) is 0 Å². The van der Waals surface area contributed by atoms with Crippen molar-refractivity contribution in [3.8, 4) is 0 Å². The molecule has 0 aliphatic heterocycles. The molecule has 1 atom stereocenters. The first-order valence-electron chi connectivity index (χ1n) is 5.96. The molecular formula is C12H28OPb. The van der Waals surface area contributed by atoms with Crippen LogP contribution in [0.15, 0.2) is 0 Å². The molecule has 0 aliphatic rings. The molecule has 0 bridgehead atoms. The minimum atomic E-state index is 0. The monoisotopic (exact) mass is 396 g/mol. The summed E-state index contributed by atoms with van der Waals surface area (Å²) in [5, 5.41) is 9.11. The fourth-order valence-corrected chi connectivity index (χ4v) is 1.68. The SMILES string of the molecule is CCCCCCC(CO)CCCC.[PbH2]. The summed E-state index contributed by atoms with van der Waals surface area (Å²) in [6.45, 7) is 4.85. The van der Waals surface area contributed by atoms with E-state index in [0.717, 1.165) is 0 Å². The first kappa shape index (κ1) is 17.3. The van der Waals surface area contributed by atoms with Gasteiger partial charge in [-0.1, -0.05) is 52.4 Å². The molecule has 86 valence electrons. The van der Waals surface area contributed by atoms with Crippen molar-refractivity contribution in [2.45, 2.75) is 65.2 Å². The molecule has 1 N–H and O–H groups in total. The van der Waals surface area contributed by atoms with Crippen LogP contribution in [0.1, 0.15) is 65.2 Å². The summed E-state index contributed by atoms with van der Waals surface area (Å²) >= 11 is 0. The molecule has 0 aliphatic carbocycles. The normalized spacial score (nSPS) is 12.2. The van der Waals surface area contributed by atoms with Crippen molar-refractivity contribution in [3.05, 3.63) is 0 Å². The molecule has 0 amide bonds. The standard InChI is InChI=1S/C12H26O.Pb.2H/c1-3-5-7-8-10-12(11-13)9-6-4-2;;;/h12-13H,3-11H2,1-2H3;;;. The van der Waals surface area contributed by atoms with Gasteiger partial charge in [-0.15, -0.1) is 0 Å². The van der Waals surface area contributed by atoms with Gasteiger partial charge in [-0.25, -0.2) is 0 Å². The molecule has 0 spiro atoms. The minimum absolute atomic E-state index is 0. The summed E-state index contributed by atoms with van der Waals surface area (Å²) < 4.78 is 0. The van der Waals surface area contributed by atoms with Gasteiger partial charge in [0.15, 0.2) is 0 Å². The van der Waals surface area contributed by atoms with Gasteiger partial charge in [0.1, 0.15) is 0 Å². The second kappa shape index (κ2) is 13.9. The van der Waals surface area contributed by atoms with Crippen LogP contribution in [0.25, 0.3) is 0 Å². The fraction of sp³-hybridized carbons (Fsp3) is 1.00. The number of hydrogen-bond donors (Lipinski definition) is 1. The summed E-state index contributed by atoms with van der Waals surface area (Å²) in [5.41, 5.74) is 0. The summed E-state index contributed by atoms with van der Waals surface area (Å²) in [6, 6.07) is 0. The second-order valence-electron chi connectivity index (χ2n) is 4.04. The first-order valence-corrected chi connectivity index (χ1v) is 5.96. The summed E-state index contributed by atoms with van der Waals surface area (Å²) in [5.74, 6) is 0.580. The second-order valence-corrected chi connectivity index (χ2v) is 4.04. The van der Waals surface area contributed by atoms with E-state index in [4.69, 9.17) is 5.11 Å². The zero-order chi connectivity index (χ0) is 9.94. The Morgan fingerprint density at radius 2 is 1.43 bits per heavy atom. The van der Waals surface area contributed by atoms with Crippen LogP contribution >= 0.6 is 0 Å². The van der Waals surface area contributed by atoms with E-state index in [1.54, 1.807) is 0 Å². The molecule has 0 saturated heterocycles. The zero-order valence-corrected chi connectivity index (χ0v) is 15.6. The van der Waals surface area contributed by atoms with E-state index in [9.17, 15) is 0 Å². The quantitative estimate of drug-likeness (QED) is 0.470. The van der Waals surface area contributed by atoms with Crippen LogP contribution in [0.3, 0.4) is 0 Å². The van der Waals surface area contributed by atoms with Crippen molar-refractivity contribution in [3.63, 3.8) is 0 Å². The third-order valence-electron chi connectivity index (χ3n) is 2.69. The molecule has 0 aromatic rings. The van der Waals surface area contributed by atoms with Gasteiger partial charge in [-0.05, 0) is 18.8 Å². The van der Waals surface area contributed by atoms with Gasteiger partial charge in [-0.2, -0.15) is 0 Å². The Morgan fingerprint density at radius 1 is 0.857 bits per heavy atom. The zero-order valence-electron chi connectivity index (χ0n) is 10.1. The molecule has 0 heterocycles. The van der Waals surface area contributed by atoms with Crippen LogP contribution in [0.4, 0.5) is 0 Å². The molecule has 2 radical (unpaired) electrons. The topological polar surface area (TPSA) is 20.2 Å². The molecule has 0 rings (SSSR count). The van der Waals surface area contributed by atoms with Gasteiger partial charge in [0.25, 0.3) is 0 Å². The van der Waals surface area contributed by atoms with Crippen LogP contribution in [-0.4, -0.2) is 39.0 Å². The maximum absolute atomic E-state index is 9.11. The average molecular weight is 396 g/mol. The number of hydrogen-bond acceptors (Lipinski definition) is 1.